The van der Waals surface area contributed by atoms with Crippen LogP contribution in [-0.4, -0.2) is 19.3 Å². The van der Waals surface area contributed by atoms with E-state index in [4.69, 9.17) is 0 Å². The number of aryl methyl sites for hydroxylation is 3. The number of hydrogen-bond donors (Lipinski definition) is 0. The van der Waals surface area contributed by atoms with Gasteiger partial charge in [-0.2, -0.15) is 5.10 Å². The molecule has 0 fully saturated rings. The van der Waals surface area contributed by atoms with Crippen LogP contribution >= 0.6 is 0 Å². The number of imidazole rings is 1. The molecule has 2 heterocycles. The zero-order valence-corrected chi connectivity index (χ0v) is 10.8. The van der Waals surface area contributed by atoms with E-state index in [0.29, 0.717) is 0 Å². The summed E-state index contributed by atoms with van der Waals surface area (Å²) in [6, 6.07) is 2.20. The molecule has 2 aromatic heterocycles. The molecule has 0 saturated heterocycles. The normalized spacial score (nSPS) is 11.0. The standard InChI is InChI=1S/C13H20N4/c1-4-11-9-12(17(6-3)15-11)10-16-8-7-14-13(16)5-2/h7-9H,4-6,10H2,1-3H3. The van der Waals surface area contributed by atoms with Gasteiger partial charge in [0.1, 0.15) is 5.82 Å². The average Bonchev–Trinajstić information content (AvgIpc) is 2.95. The zero-order chi connectivity index (χ0) is 12.3. The molecule has 2 aromatic rings. The van der Waals surface area contributed by atoms with Crippen molar-refractivity contribution in [2.45, 2.75) is 46.7 Å². The third-order valence-corrected chi connectivity index (χ3v) is 3.03. The van der Waals surface area contributed by atoms with Gasteiger partial charge in [0.15, 0.2) is 0 Å². The van der Waals surface area contributed by atoms with Crippen LogP contribution in [0.2, 0.25) is 0 Å². The van der Waals surface area contributed by atoms with Crippen LogP contribution < -0.4 is 0 Å². The van der Waals surface area contributed by atoms with Gasteiger partial charge >= 0.3 is 0 Å². The molecule has 0 atom stereocenters. The van der Waals surface area contributed by atoms with Gasteiger partial charge in [-0.05, 0) is 19.4 Å². The monoisotopic (exact) mass is 232 g/mol. The molecule has 0 aliphatic carbocycles. The first-order chi connectivity index (χ1) is 8.28. The molecule has 2 rings (SSSR count). The molecule has 0 spiro atoms. The Bertz CT molecular complexity index is 481. The van der Waals surface area contributed by atoms with E-state index >= 15 is 0 Å². The third-order valence-electron chi connectivity index (χ3n) is 3.03. The van der Waals surface area contributed by atoms with Gasteiger partial charge in [-0.3, -0.25) is 4.68 Å². The lowest BCUT2D eigenvalue weighted by Crippen LogP contribution is -2.09. The summed E-state index contributed by atoms with van der Waals surface area (Å²) in [6.45, 7) is 8.19. The molecule has 0 saturated carbocycles. The van der Waals surface area contributed by atoms with Crippen molar-refractivity contribution in [3.8, 4) is 0 Å². The highest BCUT2D eigenvalue weighted by Gasteiger charge is 2.08. The number of aromatic nitrogens is 4. The minimum atomic E-state index is 0.865. The van der Waals surface area contributed by atoms with Gasteiger partial charge in [-0.15, -0.1) is 0 Å². The van der Waals surface area contributed by atoms with Crippen molar-refractivity contribution in [3.05, 3.63) is 35.7 Å². The van der Waals surface area contributed by atoms with Crippen molar-refractivity contribution in [2.75, 3.05) is 0 Å². The maximum atomic E-state index is 4.57. The Kier molecular flexibility index (Phi) is 3.61. The number of nitrogens with zero attached hydrogens (tertiary/aromatic N) is 4. The predicted octanol–water partition coefficient (Wildman–Crippen LogP) is 2.27. The molecule has 4 nitrogen and oxygen atoms in total. The van der Waals surface area contributed by atoms with Crippen LogP contribution in [0.25, 0.3) is 0 Å². The molecular weight excluding hydrogens is 212 g/mol. The SMILES string of the molecule is CCc1cc(Cn2ccnc2CC)n(CC)n1. The van der Waals surface area contributed by atoms with E-state index in [-0.39, 0.29) is 0 Å². The lowest BCUT2D eigenvalue weighted by Gasteiger charge is -2.07. The molecule has 0 radical (unpaired) electrons. The van der Waals surface area contributed by atoms with E-state index in [2.05, 4.69) is 46.2 Å². The Balaban J connectivity index is 2.25. The molecule has 0 N–H and O–H groups in total. The first-order valence-corrected chi connectivity index (χ1v) is 6.34. The van der Waals surface area contributed by atoms with Crippen LogP contribution in [0, 0.1) is 0 Å². The summed E-state index contributed by atoms with van der Waals surface area (Å²) in [5.41, 5.74) is 2.43. The van der Waals surface area contributed by atoms with Crippen molar-refractivity contribution in [2.24, 2.45) is 0 Å². The molecule has 0 unspecified atom stereocenters. The Morgan fingerprint density at radius 1 is 1.18 bits per heavy atom. The second kappa shape index (κ2) is 5.17. The van der Waals surface area contributed by atoms with E-state index in [1.165, 1.54) is 11.4 Å². The summed E-state index contributed by atoms with van der Waals surface area (Å²) in [7, 11) is 0. The first kappa shape index (κ1) is 11.9. The fourth-order valence-corrected chi connectivity index (χ4v) is 2.06. The van der Waals surface area contributed by atoms with Gasteiger partial charge in [0.2, 0.25) is 0 Å². The van der Waals surface area contributed by atoms with Crippen LogP contribution in [0.5, 0.6) is 0 Å². The van der Waals surface area contributed by atoms with Gasteiger partial charge in [-0.25, -0.2) is 4.98 Å². The topological polar surface area (TPSA) is 35.6 Å². The molecular formula is C13H20N4. The minimum absolute atomic E-state index is 0.865. The molecule has 4 heteroatoms. The van der Waals surface area contributed by atoms with Gasteiger partial charge < -0.3 is 4.57 Å². The Labute approximate surface area is 102 Å². The molecule has 0 amide bonds. The number of rotatable bonds is 5. The summed E-state index contributed by atoms with van der Waals surface area (Å²) < 4.78 is 4.28. The van der Waals surface area contributed by atoms with E-state index in [0.717, 1.165) is 31.8 Å². The zero-order valence-electron chi connectivity index (χ0n) is 10.8. The minimum Gasteiger partial charge on any atom is -0.329 e. The van der Waals surface area contributed by atoms with Crippen LogP contribution in [0.1, 0.15) is 38.0 Å². The van der Waals surface area contributed by atoms with Gasteiger partial charge in [0.25, 0.3) is 0 Å². The van der Waals surface area contributed by atoms with Gasteiger partial charge in [0.05, 0.1) is 17.9 Å². The highest BCUT2D eigenvalue weighted by atomic mass is 15.3. The van der Waals surface area contributed by atoms with E-state index < -0.39 is 0 Å². The van der Waals surface area contributed by atoms with Crippen molar-refractivity contribution < 1.29 is 0 Å². The van der Waals surface area contributed by atoms with Crippen molar-refractivity contribution in [1.29, 1.82) is 0 Å². The van der Waals surface area contributed by atoms with Crippen molar-refractivity contribution >= 4 is 0 Å². The quantitative estimate of drug-likeness (QED) is 0.792. The van der Waals surface area contributed by atoms with Crippen molar-refractivity contribution in [3.63, 3.8) is 0 Å². The molecule has 0 bridgehead atoms. The number of hydrogen-bond acceptors (Lipinski definition) is 2. The van der Waals surface area contributed by atoms with Crippen LogP contribution in [-0.2, 0) is 25.9 Å². The predicted molar refractivity (Wildman–Crippen MR) is 68.0 cm³/mol. The highest BCUT2D eigenvalue weighted by molar-refractivity contribution is 5.12. The summed E-state index contributed by atoms with van der Waals surface area (Å²) >= 11 is 0. The Hall–Kier alpha value is -1.58. The Morgan fingerprint density at radius 3 is 2.65 bits per heavy atom. The summed E-state index contributed by atoms with van der Waals surface area (Å²) in [6.07, 6.45) is 5.86. The van der Waals surface area contributed by atoms with E-state index in [1.54, 1.807) is 0 Å². The molecule has 92 valence electrons. The molecule has 0 aliphatic heterocycles. The summed E-state index contributed by atoms with van der Waals surface area (Å²) in [5, 5.41) is 4.57. The molecule has 0 aliphatic rings. The molecule has 0 aromatic carbocycles. The van der Waals surface area contributed by atoms with E-state index in [1.807, 2.05) is 12.4 Å². The maximum Gasteiger partial charge on any atom is 0.108 e. The largest absolute Gasteiger partial charge is 0.329 e. The lowest BCUT2D eigenvalue weighted by atomic mass is 10.3. The maximum absolute atomic E-state index is 4.57. The first-order valence-electron chi connectivity index (χ1n) is 6.34. The van der Waals surface area contributed by atoms with Crippen LogP contribution in [0.3, 0.4) is 0 Å². The van der Waals surface area contributed by atoms with Gasteiger partial charge in [-0.1, -0.05) is 13.8 Å². The van der Waals surface area contributed by atoms with E-state index in [9.17, 15) is 0 Å². The molecule has 17 heavy (non-hydrogen) atoms. The van der Waals surface area contributed by atoms with Gasteiger partial charge in [0, 0.05) is 25.4 Å². The lowest BCUT2D eigenvalue weighted by molar-refractivity contribution is 0.587. The van der Waals surface area contributed by atoms with Crippen molar-refractivity contribution in [1.82, 2.24) is 19.3 Å². The highest BCUT2D eigenvalue weighted by Crippen LogP contribution is 2.09. The summed E-state index contributed by atoms with van der Waals surface area (Å²) in [5.74, 6) is 1.13. The van der Waals surface area contributed by atoms with Crippen LogP contribution in [0.4, 0.5) is 0 Å². The second-order valence-electron chi connectivity index (χ2n) is 4.12. The average molecular weight is 232 g/mol. The summed E-state index contributed by atoms with van der Waals surface area (Å²) in [4.78, 5) is 4.35. The fraction of sp³-hybridized carbons (Fsp3) is 0.538. The second-order valence-corrected chi connectivity index (χ2v) is 4.12. The smallest absolute Gasteiger partial charge is 0.108 e. The third kappa shape index (κ3) is 2.40. The fourth-order valence-electron chi connectivity index (χ4n) is 2.06. The Morgan fingerprint density at radius 2 is 2.00 bits per heavy atom. The van der Waals surface area contributed by atoms with Crippen LogP contribution in [0.15, 0.2) is 18.5 Å².